The van der Waals surface area contributed by atoms with E-state index in [1.807, 2.05) is 18.2 Å². The zero-order valence-electron chi connectivity index (χ0n) is 11.5. The van der Waals surface area contributed by atoms with Gasteiger partial charge in [-0.3, -0.25) is 0 Å². The topological polar surface area (TPSA) is 25.2 Å². The molecule has 0 radical (unpaired) electrons. The van der Waals surface area contributed by atoms with Crippen LogP contribution in [0.2, 0.25) is 0 Å². The van der Waals surface area contributed by atoms with Gasteiger partial charge in [0.1, 0.15) is 11.6 Å². The Balaban J connectivity index is 1.63. The fourth-order valence-electron chi connectivity index (χ4n) is 2.55. The van der Waals surface area contributed by atoms with Gasteiger partial charge in [-0.05, 0) is 61.6 Å². The molecule has 0 spiro atoms. The molecular weight excluding hydrogens is 253 g/mol. The van der Waals surface area contributed by atoms with E-state index in [0.29, 0.717) is 12.0 Å². The Hall–Kier alpha value is -1.61. The lowest BCUT2D eigenvalue weighted by atomic mass is 9.95. The van der Waals surface area contributed by atoms with E-state index in [4.69, 9.17) is 4.42 Å². The summed E-state index contributed by atoms with van der Waals surface area (Å²) in [4.78, 5) is 0. The average Bonchev–Trinajstić information content (AvgIpc) is 3.12. The first-order valence-electron chi connectivity index (χ1n) is 7.30. The Morgan fingerprint density at radius 1 is 1.20 bits per heavy atom. The van der Waals surface area contributed by atoms with Crippen LogP contribution in [0.25, 0.3) is 0 Å². The lowest BCUT2D eigenvalue weighted by molar-refractivity contribution is 0.413. The van der Waals surface area contributed by atoms with Crippen molar-refractivity contribution in [3.05, 3.63) is 59.8 Å². The summed E-state index contributed by atoms with van der Waals surface area (Å²) in [5, 5.41) is 3.57. The Kier molecular flexibility index (Phi) is 4.16. The third-order valence-corrected chi connectivity index (χ3v) is 3.76. The van der Waals surface area contributed by atoms with Crippen LogP contribution in [0, 0.1) is 11.7 Å². The van der Waals surface area contributed by atoms with Gasteiger partial charge in [-0.1, -0.05) is 12.1 Å². The van der Waals surface area contributed by atoms with E-state index in [9.17, 15) is 4.39 Å². The first-order valence-corrected chi connectivity index (χ1v) is 7.30. The van der Waals surface area contributed by atoms with Gasteiger partial charge in [0.05, 0.1) is 6.26 Å². The van der Waals surface area contributed by atoms with E-state index >= 15 is 0 Å². The molecule has 1 aromatic heterocycles. The molecule has 1 aliphatic carbocycles. The number of furan rings is 1. The normalized spacial score (nSPS) is 16.2. The Labute approximate surface area is 119 Å². The fourth-order valence-corrected chi connectivity index (χ4v) is 2.55. The molecule has 1 N–H and O–H groups in total. The summed E-state index contributed by atoms with van der Waals surface area (Å²) in [6, 6.07) is 11.5. The van der Waals surface area contributed by atoms with Crippen LogP contribution in [0.4, 0.5) is 4.39 Å². The van der Waals surface area contributed by atoms with Gasteiger partial charge in [-0.2, -0.15) is 0 Å². The van der Waals surface area contributed by atoms with Crippen molar-refractivity contribution in [1.82, 2.24) is 5.32 Å². The van der Waals surface area contributed by atoms with Crippen molar-refractivity contribution >= 4 is 0 Å². The van der Waals surface area contributed by atoms with E-state index in [1.54, 1.807) is 18.4 Å². The second kappa shape index (κ2) is 6.23. The third-order valence-electron chi connectivity index (χ3n) is 3.76. The van der Waals surface area contributed by atoms with Crippen molar-refractivity contribution in [3.8, 4) is 0 Å². The summed E-state index contributed by atoms with van der Waals surface area (Å²) in [7, 11) is 0. The highest BCUT2D eigenvalue weighted by molar-refractivity contribution is 5.17. The minimum absolute atomic E-state index is 0.158. The molecule has 1 aliphatic rings. The molecule has 3 rings (SSSR count). The van der Waals surface area contributed by atoms with E-state index < -0.39 is 0 Å². The molecule has 2 nitrogen and oxygen atoms in total. The second-order valence-corrected chi connectivity index (χ2v) is 5.67. The van der Waals surface area contributed by atoms with Crippen molar-refractivity contribution in [1.29, 1.82) is 0 Å². The molecule has 2 aromatic rings. The van der Waals surface area contributed by atoms with E-state index in [2.05, 4.69) is 5.32 Å². The quantitative estimate of drug-likeness (QED) is 0.834. The second-order valence-electron chi connectivity index (χ2n) is 5.67. The predicted octanol–water partition coefficient (Wildman–Crippen LogP) is 3.57. The van der Waals surface area contributed by atoms with E-state index in [0.717, 1.165) is 30.7 Å². The first-order chi connectivity index (χ1) is 9.79. The molecule has 3 heteroatoms. The highest BCUT2D eigenvalue weighted by Gasteiger charge is 2.22. The van der Waals surface area contributed by atoms with E-state index in [-0.39, 0.29) is 5.82 Å². The largest absolute Gasteiger partial charge is 0.469 e. The third kappa shape index (κ3) is 3.94. The summed E-state index contributed by atoms with van der Waals surface area (Å²) in [6.45, 7) is 0.960. The maximum absolute atomic E-state index is 13.3. The molecule has 1 aromatic carbocycles. The van der Waals surface area contributed by atoms with Gasteiger partial charge in [0.15, 0.2) is 0 Å². The van der Waals surface area contributed by atoms with Gasteiger partial charge in [0.25, 0.3) is 0 Å². The summed E-state index contributed by atoms with van der Waals surface area (Å²) in [6.07, 6.45) is 6.05. The highest BCUT2D eigenvalue weighted by atomic mass is 19.1. The Morgan fingerprint density at radius 2 is 2.10 bits per heavy atom. The van der Waals surface area contributed by atoms with Crippen LogP contribution < -0.4 is 5.32 Å². The smallest absolute Gasteiger partial charge is 0.123 e. The number of rotatable bonds is 7. The van der Waals surface area contributed by atoms with Crippen LogP contribution in [0.15, 0.2) is 47.1 Å². The molecule has 106 valence electrons. The molecule has 1 fully saturated rings. The monoisotopic (exact) mass is 273 g/mol. The van der Waals surface area contributed by atoms with Crippen LogP contribution in [0.1, 0.15) is 24.2 Å². The van der Waals surface area contributed by atoms with E-state index in [1.165, 1.54) is 18.9 Å². The van der Waals surface area contributed by atoms with Crippen LogP contribution in [0.5, 0.6) is 0 Å². The fraction of sp³-hybridized carbons (Fsp3) is 0.412. The Morgan fingerprint density at radius 3 is 2.80 bits per heavy atom. The number of nitrogens with one attached hydrogen (secondary N) is 1. The molecule has 1 saturated carbocycles. The lowest BCUT2D eigenvalue weighted by Gasteiger charge is -2.16. The molecule has 20 heavy (non-hydrogen) atoms. The van der Waals surface area contributed by atoms with Crippen LogP contribution >= 0.6 is 0 Å². The van der Waals surface area contributed by atoms with Crippen LogP contribution in [-0.4, -0.2) is 12.6 Å². The minimum Gasteiger partial charge on any atom is -0.469 e. The number of halogens is 1. The zero-order valence-corrected chi connectivity index (χ0v) is 11.5. The summed E-state index contributed by atoms with van der Waals surface area (Å²) in [5.74, 6) is 1.28. The van der Waals surface area contributed by atoms with Crippen LogP contribution in [0.3, 0.4) is 0 Å². The lowest BCUT2D eigenvalue weighted by Crippen LogP contribution is -2.27. The van der Waals surface area contributed by atoms with Crippen molar-refractivity contribution < 1.29 is 8.81 Å². The molecule has 0 saturated heterocycles. The maximum Gasteiger partial charge on any atom is 0.123 e. The average molecular weight is 273 g/mol. The standard InChI is InChI=1S/C17H20FNO/c18-15-4-1-3-13(10-15)9-14(12-19-16-6-7-16)11-17-5-2-8-20-17/h1-5,8,10,14,16,19H,6-7,9,11-12H2. The van der Waals surface area contributed by atoms with Gasteiger partial charge in [0, 0.05) is 12.5 Å². The highest BCUT2D eigenvalue weighted by Crippen LogP contribution is 2.21. The zero-order chi connectivity index (χ0) is 13.8. The van der Waals surface area contributed by atoms with Gasteiger partial charge in [0.2, 0.25) is 0 Å². The number of hydrogen-bond donors (Lipinski definition) is 1. The van der Waals surface area contributed by atoms with Crippen molar-refractivity contribution in [2.45, 2.75) is 31.7 Å². The van der Waals surface area contributed by atoms with Crippen molar-refractivity contribution in [2.75, 3.05) is 6.54 Å². The molecule has 0 amide bonds. The van der Waals surface area contributed by atoms with Crippen molar-refractivity contribution in [3.63, 3.8) is 0 Å². The summed E-state index contributed by atoms with van der Waals surface area (Å²) in [5.41, 5.74) is 1.05. The minimum atomic E-state index is -0.158. The van der Waals surface area contributed by atoms with Crippen molar-refractivity contribution in [2.24, 2.45) is 5.92 Å². The number of hydrogen-bond acceptors (Lipinski definition) is 2. The Bertz CT molecular complexity index is 534. The van der Waals surface area contributed by atoms with Gasteiger partial charge in [-0.15, -0.1) is 0 Å². The molecular formula is C17H20FNO. The van der Waals surface area contributed by atoms with Gasteiger partial charge in [-0.25, -0.2) is 4.39 Å². The molecule has 0 aliphatic heterocycles. The molecule has 1 heterocycles. The maximum atomic E-state index is 13.3. The molecule has 0 bridgehead atoms. The van der Waals surface area contributed by atoms with Crippen LogP contribution in [-0.2, 0) is 12.8 Å². The molecule has 1 atom stereocenters. The number of benzene rings is 1. The predicted molar refractivity (Wildman–Crippen MR) is 77.0 cm³/mol. The van der Waals surface area contributed by atoms with Gasteiger partial charge >= 0.3 is 0 Å². The summed E-state index contributed by atoms with van der Waals surface area (Å²) >= 11 is 0. The molecule has 1 unspecified atom stereocenters. The van der Waals surface area contributed by atoms with Gasteiger partial charge < -0.3 is 9.73 Å². The first kappa shape index (κ1) is 13.4. The summed E-state index contributed by atoms with van der Waals surface area (Å²) < 4.78 is 18.7. The SMILES string of the molecule is Fc1cccc(CC(CNC2CC2)Cc2ccco2)c1.